The first-order valence-corrected chi connectivity index (χ1v) is 27.6. The fraction of sp³-hybridized carbons (Fsp3) is 0.458. The lowest BCUT2D eigenvalue weighted by Gasteiger charge is -2.48. The van der Waals surface area contributed by atoms with Crippen LogP contribution in [0, 0.1) is 16.7 Å². The Kier molecular flexibility index (Phi) is 14.8. The highest BCUT2D eigenvalue weighted by atomic mass is 35.5. The number of rotatable bonds is 13. The molecule has 4 fully saturated rings. The monoisotopic (exact) mass is 1060 g/mol. The van der Waals surface area contributed by atoms with Gasteiger partial charge in [-0.25, -0.2) is 4.57 Å². The van der Waals surface area contributed by atoms with Crippen LogP contribution in [0.25, 0.3) is 27.8 Å². The zero-order chi connectivity index (χ0) is 53.5. The van der Waals surface area contributed by atoms with E-state index >= 15 is 0 Å². The molecule has 5 aliphatic rings. The van der Waals surface area contributed by atoms with Gasteiger partial charge in [-0.05, 0) is 136 Å². The SMILES string of the molecule is C=CC(=O)N1CCN(c2nc(OC[C@@H]3C[C@H](N4CCC5(CCN(Cc6ccc(-n7c(O)nnc7-c7cc(C(C)C)c(O)cc7O)cc6)CC5)CC4)CN3C)nc3c2CCN(c2cccc4cccc(Cl)c24)C3)C[C@@H]1CC#N. The Balaban J connectivity index is 0.711. The molecule has 11 rings (SSSR count). The van der Waals surface area contributed by atoms with Crippen molar-refractivity contribution in [1.82, 2.24) is 44.3 Å². The molecule has 6 aromatic rings. The molecule has 4 aromatic carbocycles. The number of hydrogen-bond donors (Lipinski definition) is 3. The zero-order valence-electron chi connectivity index (χ0n) is 44.4. The minimum atomic E-state index is -0.290. The predicted octanol–water partition coefficient (Wildman–Crippen LogP) is 8.28. The molecular weight excluding hydrogens is 992 g/mol. The molecule has 3 atom stereocenters. The lowest BCUT2D eigenvalue weighted by molar-refractivity contribution is -0.128. The van der Waals surface area contributed by atoms with E-state index in [9.17, 15) is 25.4 Å². The minimum Gasteiger partial charge on any atom is -0.508 e. The molecule has 0 saturated carbocycles. The van der Waals surface area contributed by atoms with Crippen molar-refractivity contribution >= 4 is 39.8 Å². The number of nitrogens with zero attached hydrogens (tertiary/aromatic N) is 12. The number of likely N-dealkylation sites (N-methyl/N-ethyl adjacent to an activating group) is 1. The van der Waals surface area contributed by atoms with Gasteiger partial charge in [-0.15, -0.1) is 5.10 Å². The van der Waals surface area contributed by atoms with Crippen LogP contribution in [0.3, 0.4) is 0 Å². The number of hydrogen-bond acceptors (Lipinski definition) is 15. The van der Waals surface area contributed by atoms with Crippen LogP contribution in [0.4, 0.5) is 11.5 Å². The van der Waals surface area contributed by atoms with Crippen molar-refractivity contribution in [3.05, 3.63) is 113 Å². The summed E-state index contributed by atoms with van der Waals surface area (Å²) >= 11 is 6.84. The summed E-state index contributed by atoms with van der Waals surface area (Å²) in [6.45, 7) is 17.1. The largest absolute Gasteiger partial charge is 0.508 e. The van der Waals surface area contributed by atoms with Crippen molar-refractivity contribution in [3.8, 4) is 46.7 Å². The fourth-order valence-corrected chi connectivity index (χ4v) is 13.1. The van der Waals surface area contributed by atoms with E-state index in [2.05, 4.69) is 90.8 Å². The molecule has 2 aromatic heterocycles. The third-order valence-corrected chi connectivity index (χ3v) is 17.7. The van der Waals surface area contributed by atoms with Gasteiger partial charge in [-0.2, -0.15) is 15.2 Å². The van der Waals surface area contributed by atoms with Gasteiger partial charge >= 0.3 is 12.0 Å². The summed E-state index contributed by atoms with van der Waals surface area (Å²) in [6, 6.07) is 26.1. The van der Waals surface area contributed by atoms with Crippen molar-refractivity contribution in [2.75, 3.05) is 82.4 Å². The Morgan fingerprint density at radius 2 is 1.65 bits per heavy atom. The number of phenols is 2. The van der Waals surface area contributed by atoms with Crippen molar-refractivity contribution in [1.29, 1.82) is 5.26 Å². The zero-order valence-corrected chi connectivity index (χ0v) is 45.1. The number of benzene rings is 4. The molecule has 77 heavy (non-hydrogen) atoms. The maximum atomic E-state index is 12.9. The number of ether oxygens (including phenoxy) is 1. The van der Waals surface area contributed by atoms with Gasteiger partial charge in [0.1, 0.15) is 23.9 Å². The Hall–Kier alpha value is -6.97. The van der Waals surface area contributed by atoms with Crippen molar-refractivity contribution in [2.45, 2.75) is 95.9 Å². The molecule has 0 bridgehead atoms. The Morgan fingerprint density at radius 1 is 0.896 bits per heavy atom. The number of halogens is 1. The van der Waals surface area contributed by atoms with Crippen LogP contribution in [0.5, 0.6) is 23.5 Å². The van der Waals surface area contributed by atoms with Crippen molar-refractivity contribution < 1.29 is 24.9 Å². The van der Waals surface area contributed by atoms with Gasteiger partial charge < -0.3 is 34.8 Å². The van der Waals surface area contributed by atoms with Gasteiger partial charge in [0, 0.05) is 74.1 Å². The van der Waals surface area contributed by atoms with E-state index in [1.807, 2.05) is 38.1 Å². The van der Waals surface area contributed by atoms with Crippen LogP contribution in [0.1, 0.15) is 80.7 Å². The highest BCUT2D eigenvalue weighted by molar-refractivity contribution is 6.36. The average molecular weight is 1060 g/mol. The molecule has 1 amide bonds. The van der Waals surface area contributed by atoms with Crippen LogP contribution >= 0.6 is 11.6 Å². The van der Waals surface area contributed by atoms with Crippen LogP contribution in [0.15, 0.2) is 85.5 Å². The van der Waals surface area contributed by atoms with E-state index in [0.29, 0.717) is 77.9 Å². The third-order valence-electron chi connectivity index (χ3n) is 17.4. The number of likely N-dealkylation sites (tertiary alicyclic amines) is 3. The van der Waals surface area contributed by atoms with Gasteiger partial charge in [0.25, 0.3) is 0 Å². The second-order valence-electron chi connectivity index (χ2n) is 22.3. The Bertz CT molecular complexity index is 3190. The number of fused-ring (bicyclic) bond motifs is 2. The van der Waals surface area contributed by atoms with Crippen LogP contribution in [0.2, 0.25) is 5.02 Å². The van der Waals surface area contributed by atoms with Gasteiger partial charge in [0.05, 0.1) is 47.0 Å². The summed E-state index contributed by atoms with van der Waals surface area (Å²) < 4.78 is 8.19. The van der Waals surface area contributed by atoms with Crippen molar-refractivity contribution in [2.24, 2.45) is 5.41 Å². The summed E-state index contributed by atoms with van der Waals surface area (Å²) in [6.07, 6.45) is 8.05. The van der Waals surface area contributed by atoms with Crippen LogP contribution < -0.4 is 14.5 Å². The molecular formula is C59H69ClN12O5. The summed E-state index contributed by atoms with van der Waals surface area (Å²) in [4.78, 5) is 37.2. The second-order valence-corrected chi connectivity index (χ2v) is 22.7. The summed E-state index contributed by atoms with van der Waals surface area (Å²) in [5.74, 6) is 0.839. The smallest absolute Gasteiger partial charge is 0.319 e. The number of carbonyl (C=O) groups is 1. The maximum absolute atomic E-state index is 12.9. The molecule has 17 nitrogen and oxygen atoms in total. The van der Waals surface area contributed by atoms with Gasteiger partial charge in [0.2, 0.25) is 5.91 Å². The third kappa shape index (κ3) is 10.5. The lowest BCUT2D eigenvalue weighted by Crippen LogP contribution is -2.55. The predicted molar refractivity (Wildman–Crippen MR) is 298 cm³/mol. The van der Waals surface area contributed by atoms with E-state index < -0.39 is 0 Å². The molecule has 1 spiro atoms. The first-order chi connectivity index (χ1) is 37.3. The molecule has 4 saturated heterocycles. The first kappa shape index (κ1) is 52.1. The molecule has 0 unspecified atom stereocenters. The second kappa shape index (κ2) is 21.8. The molecule has 0 aliphatic carbocycles. The number of aromatic nitrogens is 5. The average Bonchev–Trinajstić information content (AvgIpc) is 4.02. The van der Waals surface area contributed by atoms with E-state index in [1.54, 1.807) is 11.0 Å². The standard InChI is InChI=1S/C59H69ClN12O5/c1-5-53(75)71-29-28-70(35-42(71)16-22-61)55-45-17-23-69(50-11-7-9-40-8-6-10-48(60)54(40)50)36-49(45)62-57(63-55)77-37-44-30-43(34-66(44)4)68-26-20-59(21-27-68)18-24-67(25-19-59)33-39-12-14-41(15-13-39)72-56(64-65-58(72)76)47-31-46(38(2)3)51(73)32-52(47)74/h5-15,31-32,38,42-44,73-74H,1,16-21,23-30,33-37H2,2-4H3,(H,65,76)/t42-,43-,44-/m0/s1. The minimum absolute atomic E-state index is 0.0117. The Morgan fingerprint density at radius 3 is 2.39 bits per heavy atom. The van der Waals surface area contributed by atoms with Crippen LogP contribution in [-0.2, 0) is 24.3 Å². The molecule has 18 heteroatoms. The topological polar surface area (TPSA) is 187 Å². The van der Waals surface area contributed by atoms with E-state index in [0.717, 1.165) is 92.2 Å². The maximum Gasteiger partial charge on any atom is 0.319 e. The number of amides is 1. The molecule has 402 valence electrons. The number of piperidine rings is 2. The van der Waals surface area contributed by atoms with E-state index in [1.165, 1.54) is 48.0 Å². The number of phenolic OH excluding ortho intramolecular Hbond substituents is 2. The fourth-order valence-electron chi connectivity index (χ4n) is 12.9. The highest BCUT2D eigenvalue weighted by Gasteiger charge is 2.42. The molecule has 0 radical (unpaired) electrons. The number of piperazine rings is 1. The number of nitriles is 1. The summed E-state index contributed by atoms with van der Waals surface area (Å²) in [5, 5.41) is 52.7. The first-order valence-electron chi connectivity index (χ1n) is 27.2. The van der Waals surface area contributed by atoms with Crippen LogP contribution in [-0.4, -0.2) is 156 Å². The molecule has 7 heterocycles. The molecule has 5 aliphatic heterocycles. The van der Waals surface area contributed by atoms with Gasteiger partial charge in [-0.1, -0.05) is 73.5 Å². The van der Waals surface area contributed by atoms with Crippen molar-refractivity contribution in [3.63, 3.8) is 0 Å². The Labute approximate surface area is 455 Å². The highest BCUT2D eigenvalue weighted by Crippen LogP contribution is 2.44. The summed E-state index contributed by atoms with van der Waals surface area (Å²) in [5.41, 5.74) is 6.33. The molecule has 3 N–H and O–H groups in total. The lowest BCUT2D eigenvalue weighted by atomic mass is 9.71. The number of anilines is 2. The van der Waals surface area contributed by atoms with E-state index in [4.69, 9.17) is 26.3 Å². The number of aromatic hydroxyl groups is 3. The van der Waals surface area contributed by atoms with Gasteiger partial charge in [-0.3, -0.25) is 19.5 Å². The normalized spacial score (nSPS) is 21.2. The number of carbonyl (C=O) groups excluding carboxylic acids is 1. The van der Waals surface area contributed by atoms with E-state index in [-0.39, 0.29) is 47.8 Å². The summed E-state index contributed by atoms with van der Waals surface area (Å²) in [7, 11) is 2.20. The quantitative estimate of drug-likeness (QED) is 0.0938. The van der Waals surface area contributed by atoms with Gasteiger partial charge in [0.15, 0.2) is 5.82 Å².